The highest BCUT2D eigenvalue weighted by Gasteiger charge is 2.32. The van der Waals surface area contributed by atoms with Crippen LogP contribution in [0.3, 0.4) is 0 Å². The third kappa shape index (κ3) is 10.2. The highest BCUT2D eigenvalue weighted by atomic mass is 16.6. The van der Waals surface area contributed by atoms with E-state index < -0.39 is 48.7 Å². The average molecular weight is 480 g/mol. The molecule has 190 valence electrons. The summed E-state index contributed by atoms with van der Waals surface area (Å²) in [5, 5.41) is 14.7. The van der Waals surface area contributed by atoms with E-state index in [1.54, 1.807) is 39.8 Å². The van der Waals surface area contributed by atoms with E-state index in [0.717, 1.165) is 11.1 Å². The van der Waals surface area contributed by atoms with Gasteiger partial charge in [-0.3, -0.25) is 14.4 Å². The van der Waals surface area contributed by atoms with E-state index in [4.69, 9.17) is 9.47 Å². The van der Waals surface area contributed by atoms with E-state index in [0.29, 0.717) is 5.56 Å². The number of aliphatic hydroxyl groups excluding tert-OH is 1. The van der Waals surface area contributed by atoms with Gasteiger partial charge in [0.1, 0.15) is 18.2 Å². The number of esters is 1. The lowest BCUT2D eigenvalue weighted by Gasteiger charge is -2.31. The number of hydrogen-bond acceptors (Lipinski definition) is 7. The number of aliphatic hydroxyl groups is 1. The summed E-state index contributed by atoms with van der Waals surface area (Å²) in [6, 6.07) is 4.41. The van der Waals surface area contributed by atoms with Crippen molar-refractivity contribution in [3.8, 4) is 0 Å². The molecule has 0 bridgehead atoms. The van der Waals surface area contributed by atoms with Crippen LogP contribution in [-0.4, -0.2) is 72.3 Å². The van der Waals surface area contributed by atoms with Gasteiger partial charge >= 0.3 is 12.1 Å². The van der Waals surface area contributed by atoms with Crippen LogP contribution in [0.15, 0.2) is 18.2 Å². The molecule has 0 spiro atoms. The van der Waals surface area contributed by atoms with Gasteiger partial charge in [0, 0.05) is 13.1 Å². The molecule has 1 unspecified atom stereocenters. The second-order valence-corrected chi connectivity index (χ2v) is 8.84. The summed E-state index contributed by atoms with van der Waals surface area (Å²) < 4.78 is 10.0. The van der Waals surface area contributed by atoms with E-state index in [2.05, 4.69) is 10.6 Å². The number of rotatable bonds is 11. The Kier molecular flexibility index (Phi) is 11.5. The van der Waals surface area contributed by atoms with Crippen molar-refractivity contribution in [2.75, 3.05) is 32.8 Å². The topological polar surface area (TPSA) is 134 Å². The maximum absolute atomic E-state index is 13.2. The number of carbonyl (C=O) groups is 4. The smallest absolute Gasteiger partial charge is 0.408 e. The number of benzene rings is 1. The maximum atomic E-state index is 13.2. The Bertz CT molecular complexity index is 844. The lowest BCUT2D eigenvalue weighted by atomic mass is 9.99. The quantitative estimate of drug-likeness (QED) is 0.412. The highest BCUT2D eigenvalue weighted by Crippen LogP contribution is 2.24. The summed E-state index contributed by atoms with van der Waals surface area (Å²) in [5.41, 5.74) is 1.59. The molecule has 0 saturated carbocycles. The van der Waals surface area contributed by atoms with Crippen LogP contribution in [0.25, 0.3) is 0 Å². The van der Waals surface area contributed by atoms with Crippen molar-refractivity contribution in [3.63, 3.8) is 0 Å². The number of hydrogen-bond donors (Lipinski definition) is 3. The van der Waals surface area contributed by atoms with Crippen LogP contribution >= 0.6 is 0 Å². The summed E-state index contributed by atoms with van der Waals surface area (Å²) >= 11 is 0. The molecule has 1 aromatic carbocycles. The number of ether oxygens (including phenoxy) is 2. The molecule has 1 atom stereocenters. The molecule has 3 amide bonds. The Hall–Kier alpha value is -3.14. The normalized spacial score (nSPS) is 11.9. The number of nitrogens with one attached hydrogen (secondary N) is 2. The minimum atomic E-state index is -1.08. The van der Waals surface area contributed by atoms with Crippen LogP contribution in [0.4, 0.5) is 4.79 Å². The molecule has 34 heavy (non-hydrogen) atoms. The van der Waals surface area contributed by atoms with Crippen LogP contribution in [0.2, 0.25) is 0 Å². The second-order valence-electron chi connectivity index (χ2n) is 8.84. The van der Waals surface area contributed by atoms with Crippen LogP contribution in [0.5, 0.6) is 0 Å². The Balaban J connectivity index is 3.13. The lowest BCUT2D eigenvalue weighted by molar-refractivity contribution is -0.143. The van der Waals surface area contributed by atoms with E-state index in [1.165, 1.54) is 4.90 Å². The summed E-state index contributed by atoms with van der Waals surface area (Å²) in [6.07, 6.45) is -0.792. The maximum Gasteiger partial charge on any atom is 0.408 e. The fourth-order valence-corrected chi connectivity index (χ4v) is 3.33. The van der Waals surface area contributed by atoms with Crippen molar-refractivity contribution in [2.45, 2.75) is 59.6 Å². The number of nitrogens with zero attached hydrogens (tertiary/aromatic N) is 1. The first-order chi connectivity index (χ1) is 15.9. The molecule has 3 N–H and O–H groups in total. The zero-order chi connectivity index (χ0) is 25.9. The minimum absolute atomic E-state index is 0.0205. The summed E-state index contributed by atoms with van der Waals surface area (Å²) in [4.78, 5) is 51.1. The molecular weight excluding hydrogens is 442 g/mol. The van der Waals surface area contributed by atoms with Crippen molar-refractivity contribution >= 4 is 23.9 Å². The van der Waals surface area contributed by atoms with E-state index in [-0.39, 0.29) is 26.1 Å². The molecule has 0 fully saturated rings. The first-order valence-electron chi connectivity index (χ1n) is 11.3. The van der Waals surface area contributed by atoms with Crippen LogP contribution in [0.1, 0.15) is 56.8 Å². The van der Waals surface area contributed by atoms with Crippen molar-refractivity contribution < 1.29 is 33.8 Å². The molecule has 0 aromatic heterocycles. The van der Waals surface area contributed by atoms with Gasteiger partial charge in [-0.2, -0.15) is 0 Å². The predicted molar refractivity (Wildman–Crippen MR) is 126 cm³/mol. The predicted octanol–water partition coefficient (Wildman–Crippen LogP) is 1.76. The molecule has 1 aromatic rings. The van der Waals surface area contributed by atoms with Crippen LogP contribution in [0, 0.1) is 13.8 Å². The van der Waals surface area contributed by atoms with E-state index in [9.17, 15) is 24.3 Å². The standard InChI is InChI=1S/C24H37N3O7/c1-7-33-20(30)8-9-25-22(31)21(18-13-16(2)12-17(3)14-18)27(10-11-28)19(29)15-26-23(32)34-24(4,5)6/h12-14,21,28H,7-11,15H2,1-6H3,(H,25,31)(H,26,32). The van der Waals surface area contributed by atoms with Crippen molar-refractivity contribution in [2.24, 2.45) is 0 Å². The van der Waals surface area contributed by atoms with Crippen molar-refractivity contribution in [1.82, 2.24) is 15.5 Å². The zero-order valence-corrected chi connectivity index (χ0v) is 20.9. The van der Waals surface area contributed by atoms with Gasteiger partial charge in [0.25, 0.3) is 0 Å². The SMILES string of the molecule is CCOC(=O)CCNC(=O)C(c1cc(C)cc(C)c1)N(CCO)C(=O)CNC(=O)OC(C)(C)C. The molecule has 0 saturated heterocycles. The largest absolute Gasteiger partial charge is 0.466 e. The summed E-state index contributed by atoms with van der Waals surface area (Å²) in [5.74, 6) is -1.55. The van der Waals surface area contributed by atoms with Gasteiger partial charge in [0.15, 0.2) is 0 Å². The van der Waals surface area contributed by atoms with Gasteiger partial charge in [-0.05, 0) is 47.1 Å². The van der Waals surface area contributed by atoms with E-state index in [1.807, 2.05) is 19.9 Å². The fraction of sp³-hybridized carbons (Fsp3) is 0.583. The molecule has 0 aliphatic carbocycles. The average Bonchev–Trinajstić information content (AvgIpc) is 2.70. The number of amides is 3. The molecule has 10 nitrogen and oxygen atoms in total. The van der Waals surface area contributed by atoms with Gasteiger partial charge in [-0.1, -0.05) is 29.3 Å². The number of carbonyl (C=O) groups excluding carboxylic acids is 4. The third-order valence-corrected chi connectivity index (χ3v) is 4.50. The second kappa shape index (κ2) is 13.5. The Morgan fingerprint density at radius 3 is 2.21 bits per heavy atom. The van der Waals surface area contributed by atoms with Crippen LogP contribution < -0.4 is 10.6 Å². The minimum Gasteiger partial charge on any atom is -0.466 e. The Labute approximate surface area is 201 Å². The van der Waals surface area contributed by atoms with Gasteiger partial charge < -0.3 is 30.1 Å². The summed E-state index contributed by atoms with van der Waals surface area (Å²) in [6.45, 7) is 9.83. The zero-order valence-electron chi connectivity index (χ0n) is 20.9. The molecule has 0 aliphatic heterocycles. The summed E-state index contributed by atoms with van der Waals surface area (Å²) in [7, 11) is 0. The molecular formula is C24H37N3O7. The van der Waals surface area contributed by atoms with Gasteiger partial charge in [0.2, 0.25) is 11.8 Å². The highest BCUT2D eigenvalue weighted by molar-refractivity contribution is 5.90. The first-order valence-corrected chi connectivity index (χ1v) is 11.3. The number of aryl methyl sites for hydroxylation is 2. The van der Waals surface area contributed by atoms with E-state index >= 15 is 0 Å². The van der Waals surface area contributed by atoms with Crippen molar-refractivity contribution in [1.29, 1.82) is 0 Å². The monoisotopic (exact) mass is 479 g/mol. The van der Waals surface area contributed by atoms with Crippen LogP contribution in [-0.2, 0) is 23.9 Å². The van der Waals surface area contributed by atoms with Gasteiger partial charge in [-0.25, -0.2) is 4.79 Å². The Morgan fingerprint density at radius 2 is 1.68 bits per heavy atom. The first kappa shape index (κ1) is 28.9. The number of alkyl carbamates (subject to hydrolysis) is 1. The fourth-order valence-electron chi connectivity index (χ4n) is 3.33. The third-order valence-electron chi connectivity index (χ3n) is 4.50. The molecule has 0 aliphatic rings. The lowest BCUT2D eigenvalue weighted by Crippen LogP contribution is -2.49. The van der Waals surface area contributed by atoms with Gasteiger partial charge in [0.05, 0.1) is 19.6 Å². The van der Waals surface area contributed by atoms with Gasteiger partial charge in [-0.15, -0.1) is 0 Å². The molecule has 0 heterocycles. The molecule has 0 radical (unpaired) electrons. The Morgan fingerprint density at radius 1 is 1.06 bits per heavy atom. The molecule has 1 rings (SSSR count). The molecule has 10 heteroatoms. The van der Waals surface area contributed by atoms with Crippen molar-refractivity contribution in [3.05, 3.63) is 34.9 Å².